The lowest BCUT2D eigenvalue weighted by atomic mass is 9.96. The van der Waals surface area contributed by atoms with E-state index >= 15 is 0 Å². The van der Waals surface area contributed by atoms with Gasteiger partial charge in [-0.05, 0) is 31.9 Å². The van der Waals surface area contributed by atoms with Gasteiger partial charge in [0.1, 0.15) is 0 Å². The molecule has 2 atom stereocenters. The number of hydrogen-bond acceptors (Lipinski definition) is 5. The topological polar surface area (TPSA) is 70.1 Å². The Kier molecular flexibility index (Phi) is 7.85. The van der Waals surface area contributed by atoms with Crippen LogP contribution in [-0.4, -0.2) is 71.8 Å². The van der Waals surface area contributed by atoms with Gasteiger partial charge in [-0.25, -0.2) is 4.79 Å². The number of aryl methyl sites for hydroxylation is 1. The number of ether oxygens (including phenoxy) is 1. The van der Waals surface area contributed by atoms with E-state index in [0.29, 0.717) is 31.0 Å². The van der Waals surface area contributed by atoms with Gasteiger partial charge in [0.2, 0.25) is 5.91 Å². The Morgan fingerprint density at radius 3 is 2.54 bits per heavy atom. The van der Waals surface area contributed by atoms with Gasteiger partial charge in [0.15, 0.2) is 0 Å². The minimum absolute atomic E-state index is 0.308. The molecule has 0 bridgehead atoms. The molecule has 0 saturated carbocycles. The molecule has 1 aromatic heterocycles. The van der Waals surface area contributed by atoms with Crippen molar-refractivity contribution in [3.05, 3.63) is 21.9 Å². The van der Waals surface area contributed by atoms with Crippen molar-refractivity contribution in [3.63, 3.8) is 0 Å². The summed E-state index contributed by atoms with van der Waals surface area (Å²) in [6, 6.07) is 5.36. The number of piperidine rings is 1. The number of carboxylic acid groups (broad SMARTS) is 1. The first-order chi connectivity index (χ1) is 13.1. The fraction of sp³-hybridized carbons (Fsp3) is 0.667. The van der Waals surface area contributed by atoms with E-state index in [-0.39, 0.29) is 0 Å². The molecule has 0 unspecified atom stereocenters. The van der Waals surface area contributed by atoms with Crippen LogP contribution in [-0.2, 0) is 20.9 Å². The van der Waals surface area contributed by atoms with Crippen LogP contribution in [0.3, 0.4) is 0 Å². The van der Waals surface area contributed by atoms with Crippen molar-refractivity contribution in [2.75, 3.05) is 26.8 Å². The highest BCUT2D eigenvalue weighted by Gasteiger charge is 2.42. The third-order valence-electron chi connectivity index (χ3n) is 4.93. The highest BCUT2D eigenvalue weighted by molar-refractivity contribution is 7.11. The number of carbonyl (C=O) groups is 2. The average Bonchev–Trinajstić information content (AvgIpc) is 3.20. The summed E-state index contributed by atoms with van der Waals surface area (Å²) in [5.74, 6) is -2.45. The van der Waals surface area contributed by atoms with Gasteiger partial charge >= 0.3 is 12.1 Å². The molecule has 0 radical (unpaired) electrons. The molecular weight excluding hydrogens is 397 g/mol. The van der Waals surface area contributed by atoms with E-state index in [1.54, 1.807) is 7.11 Å². The zero-order valence-corrected chi connectivity index (χ0v) is 16.7. The van der Waals surface area contributed by atoms with Crippen molar-refractivity contribution in [1.82, 2.24) is 9.80 Å². The Morgan fingerprint density at radius 2 is 2.00 bits per heavy atom. The largest absolute Gasteiger partial charge is 0.490 e. The Hall–Kier alpha value is -1.65. The number of amides is 1. The molecule has 2 saturated heterocycles. The summed E-state index contributed by atoms with van der Waals surface area (Å²) in [6.07, 6.45) is -2.29. The third-order valence-corrected chi connectivity index (χ3v) is 5.92. The van der Waals surface area contributed by atoms with Gasteiger partial charge in [-0.15, -0.1) is 11.3 Å². The van der Waals surface area contributed by atoms with E-state index < -0.39 is 12.1 Å². The smallest absolute Gasteiger partial charge is 0.475 e. The van der Waals surface area contributed by atoms with Gasteiger partial charge in [0, 0.05) is 55.0 Å². The molecule has 1 N–H and O–H groups in total. The summed E-state index contributed by atoms with van der Waals surface area (Å²) in [5, 5.41) is 7.12. The Morgan fingerprint density at radius 1 is 1.32 bits per heavy atom. The lowest BCUT2D eigenvalue weighted by Gasteiger charge is -2.39. The van der Waals surface area contributed by atoms with Crippen molar-refractivity contribution in [2.45, 2.75) is 51.0 Å². The number of aliphatic carboxylic acids is 1. The number of methoxy groups -OCH3 is 1. The number of nitrogens with zero attached hydrogens (tertiary/aromatic N) is 2. The fourth-order valence-corrected chi connectivity index (χ4v) is 4.60. The Labute approximate surface area is 165 Å². The number of hydrogen-bond donors (Lipinski definition) is 1. The number of alkyl halides is 3. The van der Waals surface area contributed by atoms with E-state index in [9.17, 15) is 18.0 Å². The van der Waals surface area contributed by atoms with E-state index in [0.717, 1.165) is 32.5 Å². The van der Waals surface area contributed by atoms with E-state index in [2.05, 4.69) is 28.9 Å². The van der Waals surface area contributed by atoms with Gasteiger partial charge in [0.05, 0.1) is 6.61 Å². The van der Waals surface area contributed by atoms with Crippen LogP contribution in [0.15, 0.2) is 12.1 Å². The van der Waals surface area contributed by atoms with Crippen LogP contribution in [0.4, 0.5) is 13.2 Å². The number of fused-ring (bicyclic) bond motifs is 1. The van der Waals surface area contributed by atoms with Crippen molar-refractivity contribution >= 4 is 23.2 Å². The van der Waals surface area contributed by atoms with Crippen LogP contribution in [0.1, 0.15) is 29.0 Å². The summed E-state index contributed by atoms with van der Waals surface area (Å²) in [6.45, 7) is 5.67. The van der Waals surface area contributed by atoms with E-state index in [4.69, 9.17) is 14.6 Å². The first-order valence-electron chi connectivity index (χ1n) is 9.01. The number of halogens is 3. The van der Waals surface area contributed by atoms with Gasteiger partial charge < -0.3 is 14.7 Å². The summed E-state index contributed by atoms with van der Waals surface area (Å²) in [4.78, 5) is 28.5. The fourth-order valence-electron chi connectivity index (χ4n) is 3.68. The zero-order valence-electron chi connectivity index (χ0n) is 15.9. The number of thiophene rings is 1. The van der Waals surface area contributed by atoms with Crippen molar-refractivity contribution in [3.8, 4) is 0 Å². The predicted molar refractivity (Wildman–Crippen MR) is 98.2 cm³/mol. The van der Waals surface area contributed by atoms with Crippen LogP contribution >= 0.6 is 11.3 Å². The molecule has 1 amide bonds. The maximum Gasteiger partial charge on any atom is 0.490 e. The highest BCUT2D eigenvalue weighted by Crippen LogP contribution is 2.33. The lowest BCUT2D eigenvalue weighted by molar-refractivity contribution is -0.192. The monoisotopic (exact) mass is 422 g/mol. The molecule has 0 aliphatic carbocycles. The second-order valence-electron chi connectivity index (χ2n) is 6.83. The minimum atomic E-state index is -5.08. The lowest BCUT2D eigenvalue weighted by Crippen LogP contribution is -2.52. The second-order valence-corrected chi connectivity index (χ2v) is 8.20. The molecule has 2 aliphatic heterocycles. The van der Waals surface area contributed by atoms with Crippen molar-refractivity contribution < 1.29 is 32.6 Å². The average molecular weight is 422 g/mol. The van der Waals surface area contributed by atoms with Crippen LogP contribution in [0.25, 0.3) is 0 Å². The van der Waals surface area contributed by atoms with Crippen LogP contribution in [0.2, 0.25) is 0 Å². The third kappa shape index (κ3) is 5.92. The molecule has 0 aromatic carbocycles. The van der Waals surface area contributed by atoms with Crippen molar-refractivity contribution in [1.29, 1.82) is 0 Å². The molecule has 10 heteroatoms. The van der Waals surface area contributed by atoms with Crippen LogP contribution in [0.5, 0.6) is 0 Å². The summed E-state index contributed by atoms with van der Waals surface area (Å²) >= 11 is 1.89. The van der Waals surface area contributed by atoms with E-state index in [1.807, 2.05) is 11.3 Å². The normalized spacial score (nSPS) is 22.6. The van der Waals surface area contributed by atoms with Gasteiger partial charge in [-0.2, -0.15) is 13.2 Å². The Balaban J connectivity index is 0.000000345. The molecule has 2 aliphatic rings. The molecule has 158 valence electrons. The maximum atomic E-state index is 12.2. The molecule has 6 nitrogen and oxygen atoms in total. The first kappa shape index (κ1) is 22.6. The molecule has 28 heavy (non-hydrogen) atoms. The minimum Gasteiger partial charge on any atom is -0.475 e. The molecule has 3 heterocycles. The summed E-state index contributed by atoms with van der Waals surface area (Å²) < 4.78 is 36.9. The number of carboxylic acids is 1. The second kappa shape index (κ2) is 9.71. The van der Waals surface area contributed by atoms with Gasteiger partial charge in [-0.3, -0.25) is 9.69 Å². The molecular formula is C18H25F3N2O4S. The zero-order chi connectivity index (χ0) is 20.9. The summed E-state index contributed by atoms with van der Waals surface area (Å²) in [5.41, 5.74) is 0. The quantitative estimate of drug-likeness (QED) is 0.790. The first-order valence-corrected chi connectivity index (χ1v) is 9.83. The SMILES string of the molecule is COCCN1C(=O)CC[C@@H]2[C@H]1CCN2Cc1ccc(C)s1.O=C(O)C(F)(F)F. The highest BCUT2D eigenvalue weighted by atomic mass is 32.1. The van der Waals surface area contributed by atoms with Gasteiger partial charge in [-0.1, -0.05) is 0 Å². The van der Waals surface area contributed by atoms with Crippen LogP contribution < -0.4 is 0 Å². The molecule has 1 aromatic rings. The molecule has 3 rings (SSSR count). The number of likely N-dealkylation sites (tertiary alicyclic amines) is 2. The maximum absolute atomic E-state index is 12.2. The predicted octanol–water partition coefficient (Wildman–Crippen LogP) is 2.90. The number of carbonyl (C=O) groups excluding carboxylic acids is 1. The summed E-state index contributed by atoms with van der Waals surface area (Å²) in [7, 11) is 1.70. The molecule has 2 fully saturated rings. The Bertz CT molecular complexity index is 680. The van der Waals surface area contributed by atoms with Crippen LogP contribution in [0, 0.1) is 6.92 Å². The van der Waals surface area contributed by atoms with E-state index in [1.165, 1.54) is 9.75 Å². The molecule has 0 spiro atoms. The number of rotatable bonds is 5. The van der Waals surface area contributed by atoms with Gasteiger partial charge in [0.25, 0.3) is 0 Å². The van der Waals surface area contributed by atoms with Crippen molar-refractivity contribution in [2.24, 2.45) is 0 Å². The standard InChI is InChI=1S/C16H24N2O2S.C2HF3O2/c1-12-3-4-13(21-12)11-17-8-7-15-14(17)5-6-16(19)18(15)9-10-20-2;3-2(4,5)1(6)7/h3-4,14-15H,5-11H2,1-2H3;(H,6,7)/t14-,15-;/m1./s1.